The summed E-state index contributed by atoms with van der Waals surface area (Å²) in [6.45, 7) is 2.09. The molecule has 0 saturated carbocycles. The standard InChI is InChI=1S/C15H14N2OS/c1-10(16-11-6-8-12(18)9-7-11)15-17-13-4-2-3-5-14(13)19-15/h2-10,16,18H,1H3. The molecule has 0 spiro atoms. The number of fused-ring (bicyclic) bond motifs is 1. The van der Waals surface area contributed by atoms with E-state index in [0.29, 0.717) is 0 Å². The second-order valence-corrected chi connectivity index (χ2v) is 5.49. The third-order valence-corrected chi connectivity index (χ3v) is 4.15. The number of rotatable bonds is 3. The van der Waals surface area contributed by atoms with E-state index in [0.717, 1.165) is 16.2 Å². The minimum absolute atomic E-state index is 0.141. The van der Waals surface area contributed by atoms with Crippen LogP contribution < -0.4 is 5.32 Å². The molecule has 3 aromatic rings. The van der Waals surface area contributed by atoms with Crippen LogP contribution in [0.2, 0.25) is 0 Å². The molecule has 1 heterocycles. The highest BCUT2D eigenvalue weighted by molar-refractivity contribution is 7.18. The lowest BCUT2D eigenvalue weighted by Crippen LogP contribution is -2.05. The minimum Gasteiger partial charge on any atom is -0.508 e. The fourth-order valence-corrected chi connectivity index (χ4v) is 2.91. The van der Waals surface area contributed by atoms with Gasteiger partial charge in [0.05, 0.1) is 16.3 Å². The largest absolute Gasteiger partial charge is 0.508 e. The average molecular weight is 270 g/mol. The van der Waals surface area contributed by atoms with Crippen molar-refractivity contribution in [3.8, 4) is 5.75 Å². The first-order valence-corrected chi connectivity index (χ1v) is 6.95. The predicted molar refractivity (Wildman–Crippen MR) is 79.8 cm³/mol. The van der Waals surface area contributed by atoms with Crippen molar-refractivity contribution < 1.29 is 5.11 Å². The number of nitrogens with one attached hydrogen (secondary N) is 1. The van der Waals surface area contributed by atoms with Gasteiger partial charge in [-0.2, -0.15) is 0 Å². The molecule has 2 N–H and O–H groups in total. The van der Waals surface area contributed by atoms with Gasteiger partial charge in [0.15, 0.2) is 0 Å². The maximum Gasteiger partial charge on any atom is 0.116 e. The van der Waals surface area contributed by atoms with Crippen molar-refractivity contribution >= 4 is 27.2 Å². The number of nitrogens with zero attached hydrogens (tertiary/aromatic N) is 1. The van der Waals surface area contributed by atoms with E-state index in [2.05, 4.69) is 23.3 Å². The quantitative estimate of drug-likeness (QED) is 0.702. The number of benzene rings is 2. The molecule has 96 valence electrons. The number of hydrogen-bond acceptors (Lipinski definition) is 4. The highest BCUT2D eigenvalue weighted by atomic mass is 32.1. The Morgan fingerprint density at radius 1 is 1.11 bits per heavy atom. The summed E-state index contributed by atoms with van der Waals surface area (Å²) >= 11 is 1.70. The Kier molecular flexibility index (Phi) is 3.09. The molecule has 0 fully saturated rings. The van der Waals surface area contributed by atoms with Crippen LogP contribution in [0.5, 0.6) is 5.75 Å². The number of aromatic hydroxyl groups is 1. The summed E-state index contributed by atoms with van der Waals surface area (Å²) in [5, 5.41) is 13.7. The third kappa shape index (κ3) is 2.53. The normalized spacial score (nSPS) is 12.5. The summed E-state index contributed by atoms with van der Waals surface area (Å²) in [6.07, 6.45) is 0. The van der Waals surface area contributed by atoms with Crippen LogP contribution in [0.3, 0.4) is 0 Å². The van der Waals surface area contributed by atoms with Crippen molar-refractivity contribution in [3.63, 3.8) is 0 Å². The number of phenols is 1. The Labute approximate surface area is 115 Å². The zero-order valence-corrected chi connectivity index (χ0v) is 11.3. The van der Waals surface area contributed by atoms with Crippen molar-refractivity contribution in [1.82, 2.24) is 4.98 Å². The third-order valence-electron chi connectivity index (χ3n) is 2.93. The number of para-hydroxylation sites is 1. The molecule has 3 nitrogen and oxygen atoms in total. The fraction of sp³-hybridized carbons (Fsp3) is 0.133. The topological polar surface area (TPSA) is 45.1 Å². The second kappa shape index (κ2) is 4.90. The van der Waals surface area contributed by atoms with Crippen molar-refractivity contribution in [2.45, 2.75) is 13.0 Å². The first kappa shape index (κ1) is 12.0. The van der Waals surface area contributed by atoms with Gasteiger partial charge in [0.1, 0.15) is 10.8 Å². The van der Waals surface area contributed by atoms with Gasteiger partial charge in [-0.1, -0.05) is 12.1 Å². The van der Waals surface area contributed by atoms with Crippen LogP contribution in [0.1, 0.15) is 18.0 Å². The summed E-state index contributed by atoms with van der Waals surface area (Å²) in [4.78, 5) is 4.63. The first-order valence-electron chi connectivity index (χ1n) is 6.13. The van der Waals surface area contributed by atoms with Gasteiger partial charge in [0.2, 0.25) is 0 Å². The molecular weight excluding hydrogens is 256 g/mol. The van der Waals surface area contributed by atoms with Gasteiger partial charge in [-0.15, -0.1) is 11.3 Å². The molecule has 0 aliphatic heterocycles. The van der Waals surface area contributed by atoms with E-state index in [1.165, 1.54) is 4.70 Å². The maximum absolute atomic E-state index is 9.27. The zero-order chi connectivity index (χ0) is 13.2. The summed E-state index contributed by atoms with van der Waals surface area (Å²) in [5.41, 5.74) is 2.02. The minimum atomic E-state index is 0.141. The van der Waals surface area contributed by atoms with Crippen molar-refractivity contribution in [2.24, 2.45) is 0 Å². The van der Waals surface area contributed by atoms with Crippen LogP contribution in [0.15, 0.2) is 48.5 Å². The molecule has 2 aromatic carbocycles. The van der Waals surface area contributed by atoms with Crippen molar-refractivity contribution in [1.29, 1.82) is 0 Å². The number of phenolic OH excluding ortho intramolecular Hbond substituents is 1. The van der Waals surface area contributed by atoms with Crippen molar-refractivity contribution in [3.05, 3.63) is 53.5 Å². The highest BCUT2D eigenvalue weighted by Gasteiger charge is 2.11. The monoisotopic (exact) mass is 270 g/mol. The van der Waals surface area contributed by atoms with Gasteiger partial charge in [-0.05, 0) is 43.3 Å². The molecule has 19 heavy (non-hydrogen) atoms. The van der Waals surface area contributed by atoms with Crippen LogP contribution in [-0.2, 0) is 0 Å². The van der Waals surface area contributed by atoms with Gasteiger partial charge in [0.25, 0.3) is 0 Å². The average Bonchev–Trinajstić information content (AvgIpc) is 2.85. The van der Waals surface area contributed by atoms with Gasteiger partial charge in [-0.25, -0.2) is 4.98 Å². The Morgan fingerprint density at radius 3 is 2.58 bits per heavy atom. The number of aromatic nitrogens is 1. The van der Waals surface area contributed by atoms with E-state index >= 15 is 0 Å². The Hall–Kier alpha value is -2.07. The van der Waals surface area contributed by atoms with E-state index in [1.807, 2.05) is 30.3 Å². The van der Waals surface area contributed by atoms with Crippen LogP contribution in [0.4, 0.5) is 5.69 Å². The molecule has 0 bridgehead atoms. The summed E-state index contributed by atoms with van der Waals surface area (Å²) < 4.78 is 1.21. The summed E-state index contributed by atoms with van der Waals surface area (Å²) in [5.74, 6) is 0.276. The van der Waals surface area contributed by atoms with Crippen molar-refractivity contribution in [2.75, 3.05) is 5.32 Å². The molecule has 3 rings (SSSR count). The smallest absolute Gasteiger partial charge is 0.116 e. The van der Waals surface area contributed by atoms with Crippen LogP contribution in [0, 0.1) is 0 Å². The predicted octanol–water partition coefficient (Wildman–Crippen LogP) is 4.18. The molecule has 0 aliphatic rings. The maximum atomic E-state index is 9.27. The van der Waals surface area contributed by atoms with Gasteiger partial charge in [0, 0.05) is 5.69 Å². The second-order valence-electron chi connectivity index (χ2n) is 4.43. The van der Waals surface area contributed by atoms with Crippen LogP contribution >= 0.6 is 11.3 Å². The van der Waals surface area contributed by atoms with Gasteiger partial charge in [-0.3, -0.25) is 0 Å². The SMILES string of the molecule is CC(Nc1ccc(O)cc1)c1nc2ccccc2s1. The molecule has 4 heteroatoms. The van der Waals surface area contributed by atoms with Gasteiger partial charge < -0.3 is 10.4 Å². The van der Waals surface area contributed by atoms with Crippen LogP contribution in [-0.4, -0.2) is 10.1 Å². The molecule has 1 aromatic heterocycles. The molecular formula is C15H14N2OS. The summed E-state index contributed by atoms with van der Waals surface area (Å²) in [6, 6.07) is 15.4. The fourth-order valence-electron chi connectivity index (χ4n) is 1.94. The molecule has 0 radical (unpaired) electrons. The number of thiazole rings is 1. The Balaban J connectivity index is 1.83. The van der Waals surface area contributed by atoms with E-state index in [-0.39, 0.29) is 11.8 Å². The highest BCUT2D eigenvalue weighted by Crippen LogP contribution is 2.28. The number of anilines is 1. The van der Waals surface area contributed by atoms with E-state index in [1.54, 1.807) is 23.5 Å². The van der Waals surface area contributed by atoms with Crippen LogP contribution in [0.25, 0.3) is 10.2 Å². The zero-order valence-electron chi connectivity index (χ0n) is 10.5. The lowest BCUT2D eigenvalue weighted by Gasteiger charge is -2.12. The molecule has 1 atom stereocenters. The molecule has 0 saturated heterocycles. The lowest BCUT2D eigenvalue weighted by molar-refractivity contribution is 0.475. The first-order chi connectivity index (χ1) is 9.22. The molecule has 1 unspecified atom stereocenters. The Morgan fingerprint density at radius 2 is 1.84 bits per heavy atom. The molecule has 0 amide bonds. The number of hydrogen-bond donors (Lipinski definition) is 2. The lowest BCUT2D eigenvalue weighted by atomic mass is 10.2. The van der Waals surface area contributed by atoms with E-state index in [4.69, 9.17) is 0 Å². The van der Waals surface area contributed by atoms with E-state index < -0.39 is 0 Å². The summed E-state index contributed by atoms with van der Waals surface area (Å²) in [7, 11) is 0. The van der Waals surface area contributed by atoms with E-state index in [9.17, 15) is 5.11 Å². The van der Waals surface area contributed by atoms with Gasteiger partial charge >= 0.3 is 0 Å². The Bertz CT molecular complexity index is 658. The molecule has 0 aliphatic carbocycles.